The zero-order valence-corrected chi connectivity index (χ0v) is 15.6. The van der Waals surface area contributed by atoms with E-state index in [0.29, 0.717) is 17.9 Å². The van der Waals surface area contributed by atoms with Crippen molar-refractivity contribution in [3.05, 3.63) is 60.7 Å². The Hall–Kier alpha value is -2.10. The maximum absolute atomic E-state index is 2.41. The Labute approximate surface area is 145 Å². The van der Waals surface area contributed by atoms with Crippen molar-refractivity contribution >= 4 is 0 Å². The second kappa shape index (κ2) is 6.80. The van der Waals surface area contributed by atoms with Gasteiger partial charge in [-0.2, -0.15) is 0 Å². The number of hydrogen-bond donors (Lipinski definition) is 0. The molecule has 0 aliphatic heterocycles. The molecule has 4 heteroatoms. The first kappa shape index (κ1) is 16.7. The summed E-state index contributed by atoms with van der Waals surface area (Å²) >= 11 is 0. The third kappa shape index (κ3) is 3.23. The average molecular weight is 326 g/mol. The Morgan fingerprint density at radius 3 is 2.42 bits per heavy atom. The highest BCUT2D eigenvalue weighted by atomic mass is 15.1. The maximum atomic E-state index is 2.41. The van der Waals surface area contributed by atoms with Gasteiger partial charge in [0.25, 0.3) is 0 Å². The Balaban J connectivity index is 1.79. The van der Waals surface area contributed by atoms with Crippen LogP contribution in [-0.2, 0) is 20.6 Å². The molecule has 1 aliphatic carbocycles. The lowest BCUT2D eigenvalue weighted by Crippen LogP contribution is -2.25. The van der Waals surface area contributed by atoms with Gasteiger partial charge in [-0.05, 0) is 18.9 Å². The molecule has 0 saturated heterocycles. The van der Waals surface area contributed by atoms with Gasteiger partial charge in [-0.25, -0.2) is 18.3 Å². The van der Waals surface area contributed by atoms with Crippen molar-refractivity contribution in [2.24, 2.45) is 25.9 Å². The molecule has 128 valence electrons. The maximum Gasteiger partial charge on any atom is 0.243 e. The zero-order chi connectivity index (χ0) is 17.3. The van der Waals surface area contributed by atoms with Crippen molar-refractivity contribution in [1.29, 1.82) is 0 Å². The Bertz CT molecular complexity index is 762. The molecule has 0 fully saturated rings. The second-order valence-electron chi connectivity index (χ2n) is 7.20. The summed E-state index contributed by atoms with van der Waals surface area (Å²) in [6.07, 6.45) is 18.8. The molecule has 0 saturated carbocycles. The predicted molar refractivity (Wildman–Crippen MR) is 95.0 cm³/mol. The summed E-state index contributed by atoms with van der Waals surface area (Å²) in [5, 5.41) is 0. The van der Waals surface area contributed by atoms with Crippen LogP contribution in [0.2, 0.25) is 0 Å². The SMILES string of the molecule is CCC(C1C=CC(C(C)Cn2cc[n+](C)c2)=C1C)n1cc[n+](C)c1. The topological polar surface area (TPSA) is 17.6 Å². The quantitative estimate of drug-likeness (QED) is 0.727. The lowest BCUT2D eigenvalue weighted by molar-refractivity contribution is -0.671. The summed E-state index contributed by atoms with van der Waals surface area (Å²) < 4.78 is 8.85. The van der Waals surface area contributed by atoms with Gasteiger partial charge in [0.05, 0.1) is 20.6 Å². The van der Waals surface area contributed by atoms with Crippen molar-refractivity contribution < 1.29 is 9.13 Å². The summed E-state index contributed by atoms with van der Waals surface area (Å²) in [5.41, 5.74) is 3.04. The Kier molecular flexibility index (Phi) is 4.74. The summed E-state index contributed by atoms with van der Waals surface area (Å²) in [6.45, 7) is 7.97. The first-order chi connectivity index (χ1) is 11.5. The van der Waals surface area contributed by atoms with Crippen LogP contribution in [0, 0.1) is 11.8 Å². The average Bonchev–Trinajstić information content (AvgIpc) is 3.23. The monoisotopic (exact) mass is 326 g/mol. The Morgan fingerprint density at radius 1 is 1.12 bits per heavy atom. The number of rotatable bonds is 6. The fraction of sp³-hybridized carbons (Fsp3) is 0.500. The second-order valence-corrected chi connectivity index (χ2v) is 7.20. The summed E-state index contributed by atoms with van der Waals surface area (Å²) in [6, 6.07) is 0.497. The van der Waals surface area contributed by atoms with E-state index in [1.807, 2.05) is 0 Å². The molecule has 0 aromatic carbocycles. The number of hydrogen-bond acceptors (Lipinski definition) is 0. The molecule has 3 rings (SSSR count). The molecule has 3 atom stereocenters. The van der Waals surface area contributed by atoms with Crippen molar-refractivity contribution in [3.8, 4) is 0 Å². The van der Waals surface area contributed by atoms with E-state index in [1.54, 1.807) is 0 Å². The molecule has 2 heterocycles. The number of allylic oxidation sites excluding steroid dienone is 4. The van der Waals surface area contributed by atoms with E-state index >= 15 is 0 Å². The first-order valence-electron chi connectivity index (χ1n) is 8.92. The number of imidazole rings is 2. The highest BCUT2D eigenvalue weighted by molar-refractivity contribution is 5.38. The van der Waals surface area contributed by atoms with E-state index in [2.05, 4.69) is 103 Å². The number of aromatic nitrogens is 4. The highest BCUT2D eigenvalue weighted by Gasteiger charge is 2.30. The standard InChI is InChI=1S/C20H30N4/c1-6-20(24-12-10-22(5)15-24)19-8-7-18(17(19)3)16(2)13-23-11-9-21(4)14-23/h7-12,14-16,19-20H,6,13H2,1-5H3/q+2. The fourth-order valence-electron chi connectivity index (χ4n) is 3.99. The van der Waals surface area contributed by atoms with Crippen LogP contribution >= 0.6 is 0 Å². The molecule has 0 amide bonds. The van der Waals surface area contributed by atoms with Crippen molar-refractivity contribution in [3.63, 3.8) is 0 Å². The minimum absolute atomic E-state index is 0.497. The van der Waals surface area contributed by atoms with Crippen LogP contribution in [0.5, 0.6) is 0 Å². The molecule has 4 nitrogen and oxygen atoms in total. The van der Waals surface area contributed by atoms with Crippen LogP contribution in [0.25, 0.3) is 0 Å². The molecular formula is C20H30N4+2. The summed E-state index contributed by atoms with van der Waals surface area (Å²) in [7, 11) is 4.15. The normalized spacial score (nSPS) is 20.0. The van der Waals surface area contributed by atoms with E-state index < -0.39 is 0 Å². The van der Waals surface area contributed by atoms with Gasteiger partial charge in [-0.3, -0.25) is 0 Å². The van der Waals surface area contributed by atoms with E-state index in [1.165, 1.54) is 11.1 Å². The van der Waals surface area contributed by atoms with Gasteiger partial charge in [0.15, 0.2) is 0 Å². The van der Waals surface area contributed by atoms with E-state index in [4.69, 9.17) is 0 Å². The smallest absolute Gasteiger partial charge is 0.240 e. The summed E-state index contributed by atoms with van der Waals surface area (Å²) in [5.74, 6) is 1.03. The van der Waals surface area contributed by atoms with Gasteiger partial charge in [0.2, 0.25) is 12.7 Å². The van der Waals surface area contributed by atoms with Crippen molar-refractivity contribution in [2.45, 2.75) is 39.8 Å². The molecule has 2 aromatic rings. The van der Waals surface area contributed by atoms with Crippen molar-refractivity contribution in [1.82, 2.24) is 9.13 Å². The van der Waals surface area contributed by atoms with E-state index in [0.717, 1.165) is 13.0 Å². The third-order valence-corrected chi connectivity index (χ3v) is 5.28. The fourth-order valence-corrected chi connectivity index (χ4v) is 3.99. The van der Waals surface area contributed by atoms with Gasteiger partial charge < -0.3 is 0 Å². The lowest BCUT2D eigenvalue weighted by atomic mass is 9.89. The zero-order valence-electron chi connectivity index (χ0n) is 15.6. The molecule has 3 unspecified atom stereocenters. The van der Waals surface area contributed by atoms with Gasteiger partial charge in [0.1, 0.15) is 30.8 Å². The molecule has 2 aromatic heterocycles. The van der Waals surface area contributed by atoms with Crippen LogP contribution in [0.15, 0.2) is 60.7 Å². The molecule has 0 bridgehead atoms. The van der Waals surface area contributed by atoms with Gasteiger partial charge in [-0.15, -0.1) is 0 Å². The van der Waals surface area contributed by atoms with Gasteiger partial charge >= 0.3 is 0 Å². The van der Waals surface area contributed by atoms with Crippen molar-refractivity contribution in [2.75, 3.05) is 0 Å². The summed E-state index contributed by atoms with van der Waals surface area (Å²) in [4.78, 5) is 0. The third-order valence-electron chi connectivity index (χ3n) is 5.28. The molecule has 0 radical (unpaired) electrons. The molecule has 1 aliphatic rings. The highest BCUT2D eigenvalue weighted by Crippen LogP contribution is 2.38. The van der Waals surface area contributed by atoms with Crippen LogP contribution in [0.3, 0.4) is 0 Å². The van der Waals surface area contributed by atoms with Crippen LogP contribution in [0.4, 0.5) is 0 Å². The van der Waals surface area contributed by atoms with E-state index in [9.17, 15) is 0 Å². The van der Waals surface area contributed by atoms with Crippen LogP contribution in [0.1, 0.15) is 33.2 Å². The largest absolute Gasteiger partial charge is 0.243 e. The van der Waals surface area contributed by atoms with Gasteiger partial charge in [-0.1, -0.05) is 31.6 Å². The molecule has 0 N–H and O–H groups in total. The minimum atomic E-state index is 0.497. The van der Waals surface area contributed by atoms with E-state index in [-0.39, 0.29) is 0 Å². The molecule has 0 spiro atoms. The predicted octanol–water partition coefficient (Wildman–Crippen LogP) is 2.73. The Morgan fingerprint density at radius 2 is 1.83 bits per heavy atom. The molecular weight excluding hydrogens is 296 g/mol. The minimum Gasteiger partial charge on any atom is -0.240 e. The van der Waals surface area contributed by atoms with Crippen LogP contribution in [-0.4, -0.2) is 9.13 Å². The lowest BCUT2D eigenvalue weighted by Gasteiger charge is -2.21. The number of aryl methyl sites for hydroxylation is 2. The molecule has 24 heavy (non-hydrogen) atoms. The number of nitrogens with zero attached hydrogens (tertiary/aromatic N) is 4. The van der Waals surface area contributed by atoms with Crippen LogP contribution < -0.4 is 9.13 Å². The van der Waals surface area contributed by atoms with Gasteiger partial charge in [0, 0.05) is 11.8 Å². The first-order valence-corrected chi connectivity index (χ1v) is 8.92.